The summed E-state index contributed by atoms with van der Waals surface area (Å²) in [5.41, 5.74) is 0. The van der Waals surface area contributed by atoms with E-state index in [2.05, 4.69) is 11.4 Å². The Balaban J connectivity index is 1.82. The Morgan fingerprint density at radius 1 is 1.33 bits per heavy atom. The fourth-order valence-corrected chi connectivity index (χ4v) is 2.01. The number of carbonyl (C=O) groups excluding carboxylic acids is 1. The van der Waals surface area contributed by atoms with Crippen LogP contribution in [0.4, 0.5) is 4.79 Å². The summed E-state index contributed by atoms with van der Waals surface area (Å²) in [5.74, 6) is 0.406. The maximum absolute atomic E-state index is 11.8. The molecular formula is C11H17N3O. The molecule has 1 aliphatic carbocycles. The Bertz CT molecular complexity index is 274. The molecule has 4 nitrogen and oxygen atoms in total. The quantitative estimate of drug-likeness (QED) is 0.745. The lowest BCUT2D eigenvalue weighted by molar-refractivity contribution is 0.183. The smallest absolute Gasteiger partial charge is 0.318 e. The SMILES string of the molecule is N#CC(NC(=O)N1CCCCC1)C1CC1. The molecule has 82 valence electrons. The van der Waals surface area contributed by atoms with Crippen molar-refractivity contribution in [1.82, 2.24) is 10.2 Å². The van der Waals surface area contributed by atoms with E-state index < -0.39 is 0 Å². The maximum atomic E-state index is 11.8. The molecule has 0 bridgehead atoms. The second-order valence-electron chi connectivity index (χ2n) is 4.44. The molecule has 1 atom stereocenters. The topological polar surface area (TPSA) is 56.1 Å². The summed E-state index contributed by atoms with van der Waals surface area (Å²) in [7, 11) is 0. The average Bonchev–Trinajstić information content (AvgIpc) is 3.10. The van der Waals surface area contributed by atoms with Crippen molar-refractivity contribution in [1.29, 1.82) is 5.26 Å². The molecule has 1 aliphatic heterocycles. The first kappa shape index (κ1) is 10.3. The summed E-state index contributed by atoms with van der Waals surface area (Å²) in [5, 5.41) is 11.7. The molecule has 0 aromatic rings. The van der Waals surface area contributed by atoms with Gasteiger partial charge in [-0.25, -0.2) is 4.79 Å². The number of rotatable bonds is 2. The van der Waals surface area contributed by atoms with Gasteiger partial charge < -0.3 is 10.2 Å². The van der Waals surface area contributed by atoms with Gasteiger partial charge >= 0.3 is 6.03 Å². The largest absolute Gasteiger partial charge is 0.325 e. The normalized spacial score (nSPS) is 23.0. The van der Waals surface area contributed by atoms with E-state index in [-0.39, 0.29) is 12.1 Å². The van der Waals surface area contributed by atoms with Gasteiger partial charge in [-0.1, -0.05) is 0 Å². The van der Waals surface area contributed by atoms with Crippen LogP contribution in [0.3, 0.4) is 0 Å². The number of urea groups is 1. The van der Waals surface area contributed by atoms with Gasteiger partial charge in [0.15, 0.2) is 0 Å². The highest BCUT2D eigenvalue weighted by Crippen LogP contribution is 2.32. The van der Waals surface area contributed by atoms with Gasteiger partial charge in [0, 0.05) is 13.1 Å². The van der Waals surface area contributed by atoms with Gasteiger partial charge in [-0.3, -0.25) is 0 Å². The molecule has 0 spiro atoms. The first-order valence-electron chi connectivity index (χ1n) is 5.76. The van der Waals surface area contributed by atoms with Gasteiger partial charge in [0.1, 0.15) is 6.04 Å². The van der Waals surface area contributed by atoms with Crippen LogP contribution in [0.5, 0.6) is 0 Å². The van der Waals surface area contributed by atoms with E-state index in [0.717, 1.165) is 38.8 Å². The Morgan fingerprint density at radius 3 is 2.53 bits per heavy atom. The van der Waals surface area contributed by atoms with Crippen LogP contribution in [0.1, 0.15) is 32.1 Å². The number of piperidine rings is 1. The zero-order valence-electron chi connectivity index (χ0n) is 8.91. The lowest BCUT2D eigenvalue weighted by Gasteiger charge is -2.27. The number of carbonyl (C=O) groups is 1. The number of hydrogen-bond acceptors (Lipinski definition) is 2. The summed E-state index contributed by atoms with van der Waals surface area (Å²) >= 11 is 0. The minimum absolute atomic E-state index is 0.0480. The molecule has 2 aliphatic rings. The van der Waals surface area contributed by atoms with Crippen molar-refractivity contribution in [2.75, 3.05) is 13.1 Å². The Labute approximate surface area is 90.2 Å². The molecule has 1 N–H and O–H groups in total. The molecule has 1 saturated heterocycles. The third-order valence-corrected chi connectivity index (χ3v) is 3.15. The van der Waals surface area contributed by atoms with Crippen LogP contribution in [0, 0.1) is 17.2 Å². The molecule has 1 heterocycles. The van der Waals surface area contributed by atoms with Crippen LogP contribution < -0.4 is 5.32 Å². The fraction of sp³-hybridized carbons (Fsp3) is 0.818. The van der Waals surface area contributed by atoms with Crippen molar-refractivity contribution in [3.8, 4) is 6.07 Å². The Kier molecular flexibility index (Phi) is 3.10. The van der Waals surface area contributed by atoms with Gasteiger partial charge in [-0.05, 0) is 38.0 Å². The third kappa shape index (κ3) is 2.62. The minimum Gasteiger partial charge on any atom is -0.325 e. The molecule has 1 unspecified atom stereocenters. The van der Waals surface area contributed by atoms with Crippen LogP contribution in [0.15, 0.2) is 0 Å². The van der Waals surface area contributed by atoms with Crippen molar-refractivity contribution >= 4 is 6.03 Å². The van der Waals surface area contributed by atoms with Gasteiger partial charge in [0.05, 0.1) is 6.07 Å². The Morgan fingerprint density at radius 2 is 2.00 bits per heavy atom. The lowest BCUT2D eigenvalue weighted by Crippen LogP contribution is -2.47. The molecule has 15 heavy (non-hydrogen) atoms. The first-order chi connectivity index (χ1) is 7.31. The highest BCUT2D eigenvalue weighted by molar-refractivity contribution is 5.75. The van der Waals surface area contributed by atoms with E-state index in [1.807, 2.05) is 4.90 Å². The standard InChI is InChI=1S/C11H17N3O/c12-8-10(9-4-5-9)13-11(15)14-6-2-1-3-7-14/h9-10H,1-7H2,(H,13,15). The van der Waals surface area contributed by atoms with E-state index in [9.17, 15) is 4.79 Å². The minimum atomic E-state index is -0.264. The third-order valence-electron chi connectivity index (χ3n) is 3.15. The van der Waals surface area contributed by atoms with Crippen LogP contribution >= 0.6 is 0 Å². The molecule has 0 aromatic heterocycles. The zero-order chi connectivity index (χ0) is 10.7. The molecule has 0 aromatic carbocycles. The number of likely N-dealkylation sites (tertiary alicyclic amines) is 1. The molecule has 2 fully saturated rings. The number of nitrogens with one attached hydrogen (secondary N) is 1. The summed E-state index contributed by atoms with van der Waals surface area (Å²) in [4.78, 5) is 13.6. The van der Waals surface area contributed by atoms with Crippen molar-refractivity contribution < 1.29 is 4.79 Å². The summed E-state index contributed by atoms with van der Waals surface area (Å²) < 4.78 is 0. The van der Waals surface area contributed by atoms with Crippen LogP contribution in [-0.4, -0.2) is 30.1 Å². The highest BCUT2D eigenvalue weighted by Gasteiger charge is 2.33. The van der Waals surface area contributed by atoms with Crippen molar-refractivity contribution in [3.05, 3.63) is 0 Å². The Hall–Kier alpha value is -1.24. The number of hydrogen-bond donors (Lipinski definition) is 1. The average molecular weight is 207 g/mol. The van der Waals surface area contributed by atoms with Crippen molar-refractivity contribution in [2.45, 2.75) is 38.1 Å². The second kappa shape index (κ2) is 4.52. The molecule has 4 heteroatoms. The number of amides is 2. The first-order valence-corrected chi connectivity index (χ1v) is 5.76. The van der Waals surface area contributed by atoms with Crippen LogP contribution in [0.2, 0.25) is 0 Å². The maximum Gasteiger partial charge on any atom is 0.318 e. The zero-order valence-corrected chi connectivity index (χ0v) is 8.91. The van der Waals surface area contributed by atoms with Gasteiger partial charge in [0.2, 0.25) is 0 Å². The lowest BCUT2D eigenvalue weighted by atomic mass is 10.1. The highest BCUT2D eigenvalue weighted by atomic mass is 16.2. The molecular weight excluding hydrogens is 190 g/mol. The molecule has 1 saturated carbocycles. The van der Waals surface area contributed by atoms with Gasteiger partial charge in [-0.2, -0.15) is 5.26 Å². The number of nitrogens with zero attached hydrogens (tertiary/aromatic N) is 2. The van der Waals surface area contributed by atoms with E-state index >= 15 is 0 Å². The van der Waals surface area contributed by atoms with E-state index in [1.54, 1.807) is 0 Å². The molecule has 2 amide bonds. The molecule has 0 radical (unpaired) electrons. The van der Waals surface area contributed by atoms with Crippen molar-refractivity contribution in [3.63, 3.8) is 0 Å². The second-order valence-corrected chi connectivity index (χ2v) is 4.44. The van der Waals surface area contributed by atoms with Gasteiger partial charge in [0.25, 0.3) is 0 Å². The van der Waals surface area contributed by atoms with E-state index in [1.165, 1.54) is 6.42 Å². The van der Waals surface area contributed by atoms with Crippen LogP contribution in [-0.2, 0) is 0 Å². The predicted molar refractivity (Wildman–Crippen MR) is 56.1 cm³/mol. The molecule has 2 rings (SSSR count). The monoisotopic (exact) mass is 207 g/mol. The number of nitriles is 1. The summed E-state index contributed by atoms with van der Waals surface area (Å²) in [6, 6.07) is 1.86. The summed E-state index contributed by atoms with van der Waals surface area (Å²) in [6.07, 6.45) is 5.56. The fourth-order valence-electron chi connectivity index (χ4n) is 2.01. The summed E-state index contributed by atoms with van der Waals surface area (Å²) in [6.45, 7) is 1.68. The van der Waals surface area contributed by atoms with E-state index in [4.69, 9.17) is 5.26 Å². The van der Waals surface area contributed by atoms with Gasteiger partial charge in [-0.15, -0.1) is 0 Å². The predicted octanol–water partition coefficient (Wildman–Crippen LogP) is 1.48. The van der Waals surface area contributed by atoms with E-state index in [0.29, 0.717) is 5.92 Å². The van der Waals surface area contributed by atoms with Crippen LogP contribution in [0.25, 0.3) is 0 Å². The van der Waals surface area contributed by atoms with Crippen molar-refractivity contribution in [2.24, 2.45) is 5.92 Å².